The fourth-order valence-electron chi connectivity index (χ4n) is 5.79. The molecule has 2 aromatic heterocycles. The SMILES string of the molecule is Nc1ncnc2c1ncn2[C@@H]1O[C@H](COP(=O)(O)NCCCCCCNC(=O)CCCC[C@@H]2SC[C@@H]3NC(=O)N[C@@H]32)[C@@H](O)[C@H]1O. The molecule has 17 nitrogen and oxygen atoms in total. The van der Waals surface area contributed by atoms with Crippen LogP contribution in [-0.2, 0) is 18.6 Å². The van der Waals surface area contributed by atoms with Crippen LogP contribution < -0.4 is 26.8 Å². The van der Waals surface area contributed by atoms with Crippen LogP contribution in [0.25, 0.3) is 11.2 Å². The zero-order chi connectivity index (χ0) is 32.0. The summed E-state index contributed by atoms with van der Waals surface area (Å²) >= 11 is 1.88. The third-order valence-electron chi connectivity index (χ3n) is 8.23. The van der Waals surface area contributed by atoms with E-state index in [-0.39, 0.29) is 36.4 Å². The second-order valence-electron chi connectivity index (χ2n) is 11.5. The maximum absolute atomic E-state index is 12.4. The molecule has 45 heavy (non-hydrogen) atoms. The van der Waals surface area contributed by atoms with E-state index in [1.807, 2.05) is 11.8 Å². The third kappa shape index (κ3) is 8.62. The number of hydrogen-bond donors (Lipinski definition) is 8. The van der Waals surface area contributed by atoms with Crippen LogP contribution in [0.3, 0.4) is 0 Å². The number of nitrogens with zero attached hydrogens (tertiary/aromatic N) is 4. The van der Waals surface area contributed by atoms with Gasteiger partial charge in [-0.25, -0.2) is 29.4 Å². The third-order valence-corrected chi connectivity index (χ3v) is 10.9. The number of unbranched alkanes of at least 4 members (excludes halogenated alkanes) is 4. The molecule has 5 heterocycles. The van der Waals surface area contributed by atoms with Gasteiger partial charge in [-0.2, -0.15) is 11.8 Å². The highest BCUT2D eigenvalue weighted by atomic mass is 32.2. The molecule has 5 rings (SSSR count). The molecular weight excluding hydrogens is 629 g/mol. The summed E-state index contributed by atoms with van der Waals surface area (Å²) in [5.41, 5.74) is 6.42. The molecule has 0 spiro atoms. The lowest BCUT2D eigenvalue weighted by Crippen LogP contribution is -2.36. The molecule has 250 valence electrons. The predicted molar refractivity (Wildman–Crippen MR) is 165 cm³/mol. The summed E-state index contributed by atoms with van der Waals surface area (Å²) in [6.07, 6.45) is 4.01. The van der Waals surface area contributed by atoms with Gasteiger partial charge in [0.05, 0.1) is 25.0 Å². The van der Waals surface area contributed by atoms with Crippen molar-refractivity contribution in [2.75, 3.05) is 31.2 Å². The molecule has 2 aromatic rings. The lowest BCUT2D eigenvalue weighted by Gasteiger charge is -2.18. The van der Waals surface area contributed by atoms with Gasteiger partial charge in [0.2, 0.25) is 5.91 Å². The van der Waals surface area contributed by atoms with Crippen LogP contribution >= 0.6 is 19.5 Å². The molecule has 0 bridgehead atoms. The quantitative estimate of drug-likeness (QED) is 0.0633. The first-order chi connectivity index (χ1) is 21.6. The summed E-state index contributed by atoms with van der Waals surface area (Å²) < 4.78 is 24.7. The van der Waals surface area contributed by atoms with Crippen LogP contribution in [0.4, 0.5) is 10.6 Å². The normalized spacial score (nSPS) is 29.0. The summed E-state index contributed by atoms with van der Waals surface area (Å²) in [5.74, 6) is 1.13. The highest BCUT2D eigenvalue weighted by Crippen LogP contribution is 2.39. The van der Waals surface area contributed by atoms with Crippen molar-refractivity contribution in [3.8, 4) is 0 Å². The fraction of sp³-hybridized carbons (Fsp3) is 0.731. The van der Waals surface area contributed by atoms with Gasteiger partial charge in [0.15, 0.2) is 17.7 Å². The maximum Gasteiger partial charge on any atom is 0.403 e. The number of fused-ring (bicyclic) bond motifs is 2. The molecule has 1 unspecified atom stereocenters. The number of ether oxygens (including phenoxy) is 1. The van der Waals surface area contributed by atoms with Crippen molar-refractivity contribution in [3.63, 3.8) is 0 Å². The molecule has 19 heteroatoms. The summed E-state index contributed by atoms with van der Waals surface area (Å²) in [5, 5.41) is 32.8. The number of anilines is 1. The van der Waals surface area contributed by atoms with Gasteiger partial charge in [-0.05, 0) is 25.7 Å². The van der Waals surface area contributed by atoms with Crippen LogP contribution in [0.5, 0.6) is 0 Å². The number of aliphatic hydroxyl groups is 2. The molecule has 3 saturated heterocycles. The molecule has 9 N–H and O–H groups in total. The van der Waals surface area contributed by atoms with E-state index in [0.29, 0.717) is 35.8 Å². The largest absolute Gasteiger partial charge is 0.403 e. The minimum absolute atomic E-state index is 0.0371. The predicted octanol–water partition coefficient (Wildman–Crippen LogP) is 0.137. The van der Waals surface area contributed by atoms with Crippen molar-refractivity contribution < 1.29 is 38.5 Å². The van der Waals surface area contributed by atoms with Gasteiger partial charge in [-0.1, -0.05) is 19.3 Å². The van der Waals surface area contributed by atoms with Crippen LogP contribution in [-0.4, -0.2) is 108 Å². The number of hydrogen-bond acceptors (Lipinski definition) is 12. The summed E-state index contributed by atoms with van der Waals surface area (Å²) in [6, 6.07) is 0.333. The van der Waals surface area contributed by atoms with Crippen molar-refractivity contribution in [2.45, 2.75) is 93.2 Å². The minimum atomic E-state index is -4.18. The van der Waals surface area contributed by atoms with Crippen LogP contribution in [0.2, 0.25) is 0 Å². The zero-order valence-corrected chi connectivity index (χ0v) is 26.5. The van der Waals surface area contributed by atoms with Gasteiger partial charge >= 0.3 is 13.8 Å². The molecular formula is C26H42N9O8PS. The van der Waals surface area contributed by atoms with E-state index < -0.39 is 38.9 Å². The molecule has 3 fully saturated rings. The smallest absolute Gasteiger partial charge is 0.387 e. The van der Waals surface area contributed by atoms with Gasteiger partial charge in [0.25, 0.3) is 0 Å². The van der Waals surface area contributed by atoms with Crippen molar-refractivity contribution in [3.05, 3.63) is 12.7 Å². The molecule has 0 aromatic carbocycles. The Morgan fingerprint density at radius 3 is 2.76 bits per heavy atom. The number of nitrogens with two attached hydrogens (primary N) is 1. The molecule has 3 aliphatic rings. The van der Waals surface area contributed by atoms with E-state index in [2.05, 4.69) is 36.0 Å². The molecule has 3 amide bonds. The molecule has 3 aliphatic heterocycles. The first kappa shape index (κ1) is 33.8. The van der Waals surface area contributed by atoms with E-state index in [0.717, 1.165) is 44.3 Å². The van der Waals surface area contributed by atoms with Gasteiger partial charge in [0, 0.05) is 30.5 Å². The van der Waals surface area contributed by atoms with E-state index in [9.17, 15) is 29.3 Å². The van der Waals surface area contributed by atoms with E-state index in [1.54, 1.807) is 0 Å². The topological polar surface area (TPSA) is 248 Å². The van der Waals surface area contributed by atoms with Gasteiger partial charge in [0.1, 0.15) is 30.2 Å². The number of amides is 3. The summed E-state index contributed by atoms with van der Waals surface area (Å²) in [6.45, 7) is 0.386. The number of nitrogens with one attached hydrogen (secondary N) is 4. The highest BCUT2D eigenvalue weighted by Gasteiger charge is 2.45. The number of aromatic nitrogens is 4. The Hall–Kier alpha value is -2.57. The van der Waals surface area contributed by atoms with Crippen molar-refractivity contribution in [1.29, 1.82) is 0 Å². The van der Waals surface area contributed by atoms with Gasteiger partial charge in [-0.3, -0.25) is 13.9 Å². The van der Waals surface area contributed by atoms with Gasteiger partial charge < -0.3 is 41.5 Å². The van der Waals surface area contributed by atoms with Crippen molar-refractivity contribution in [1.82, 2.24) is 40.6 Å². The minimum Gasteiger partial charge on any atom is -0.387 e. The number of carbonyl (C=O) groups is 2. The lowest BCUT2D eigenvalue weighted by molar-refractivity contribution is -0.121. The number of nitrogen functional groups attached to an aromatic ring is 1. The van der Waals surface area contributed by atoms with Crippen LogP contribution in [0.15, 0.2) is 12.7 Å². The standard InChI is InChI=1S/C26H42N9O8PS/c27-23-20-24(30-13-29-23)35(14-31-20)25-22(38)21(37)16(43-25)11-42-44(40,41)32-10-6-2-1-5-9-28-18(36)8-4-3-7-17-19-15(12-45-17)33-26(39)34-19/h13-17,19,21-22,25,37-38H,1-12H2,(H,28,36)(H2,27,29,30)(H2,32,40,41)(H2,33,34,39)/t15-,16+,17-,19-,21+,22+,25+/m0/s1. The first-order valence-electron chi connectivity index (χ1n) is 15.3. The van der Waals surface area contributed by atoms with Crippen LogP contribution in [0, 0.1) is 0 Å². The van der Waals surface area contributed by atoms with Crippen molar-refractivity contribution in [2.24, 2.45) is 0 Å². The molecule has 0 aliphatic carbocycles. The Morgan fingerprint density at radius 1 is 1.13 bits per heavy atom. The second kappa shape index (κ2) is 15.3. The number of imidazole rings is 1. The number of rotatable bonds is 17. The Morgan fingerprint density at radius 2 is 1.93 bits per heavy atom. The average Bonchev–Trinajstić information content (AvgIpc) is 3.76. The van der Waals surface area contributed by atoms with Gasteiger partial charge in [-0.15, -0.1) is 0 Å². The number of thioether (sulfide) groups is 1. The van der Waals surface area contributed by atoms with E-state index in [1.165, 1.54) is 17.2 Å². The van der Waals surface area contributed by atoms with Crippen molar-refractivity contribution >= 4 is 48.4 Å². The lowest BCUT2D eigenvalue weighted by atomic mass is 10.0. The Bertz CT molecular complexity index is 1370. The summed E-state index contributed by atoms with van der Waals surface area (Å²) in [7, 11) is -4.18. The fourth-order valence-corrected chi connectivity index (χ4v) is 8.21. The summed E-state index contributed by atoms with van der Waals surface area (Å²) in [4.78, 5) is 45.9. The Balaban J connectivity index is 0.890. The monoisotopic (exact) mass is 671 g/mol. The van der Waals surface area contributed by atoms with Crippen LogP contribution in [0.1, 0.15) is 57.6 Å². The number of urea groups is 1. The second-order valence-corrected chi connectivity index (χ2v) is 14.4. The Kier molecular flexibility index (Phi) is 11.5. The molecule has 0 radical (unpaired) electrons. The zero-order valence-electron chi connectivity index (χ0n) is 24.8. The average molecular weight is 672 g/mol. The first-order valence-corrected chi connectivity index (χ1v) is 17.9. The van der Waals surface area contributed by atoms with E-state index in [4.69, 9.17) is 15.0 Å². The highest BCUT2D eigenvalue weighted by molar-refractivity contribution is 8.00. The molecule has 8 atom stereocenters. The van der Waals surface area contributed by atoms with E-state index >= 15 is 0 Å². The maximum atomic E-state index is 12.4. The number of aliphatic hydroxyl groups excluding tert-OH is 2. The molecule has 0 saturated carbocycles. The Labute approximate surface area is 264 Å². The number of carbonyl (C=O) groups excluding carboxylic acids is 2.